The molecule has 0 atom stereocenters. The topological polar surface area (TPSA) is 123 Å². The molecule has 0 saturated carbocycles. The van der Waals surface area contributed by atoms with Crippen LogP contribution >= 0.6 is 0 Å². The van der Waals surface area contributed by atoms with Crippen molar-refractivity contribution in [2.75, 3.05) is 37.1 Å². The Bertz CT molecular complexity index is 1950. The van der Waals surface area contributed by atoms with Crippen molar-refractivity contribution >= 4 is 46.0 Å². The van der Waals surface area contributed by atoms with Crippen LogP contribution in [0.25, 0.3) is 0 Å². The van der Waals surface area contributed by atoms with Crippen LogP contribution in [0.1, 0.15) is 110 Å². The SMILES string of the molecule is CCOCC(=O)CCc1c(C)cc(C)c(Nc2ccc(Nc3c(C)cc(C)c(CNC(=O)COCC)c3CC)c3c2C(=O)c2ccccc2C3=O)c1CC. The highest BCUT2D eigenvalue weighted by molar-refractivity contribution is 6.32. The number of Topliss-reactive ketones (excluding diaryl/α,β-unsaturated/α-hetero) is 1. The number of anilines is 4. The zero-order valence-electron chi connectivity index (χ0n) is 32.9. The summed E-state index contributed by atoms with van der Waals surface area (Å²) in [7, 11) is 0. The molecule has 54 heavy (non-hydrogen) atoms. The number of rotatable bonds is 17. The van der Waals surface area contributed by atoms with Crippen LogP contribution in [0.4, 0.5) is 22.7 Å². The first kappa shape index (κ1) is 40.1. The van der Waals surface area contributed by atoms with Crippen molar-refractivity contribution in [1.29, 1.82) is 0 Å². The standard InChI is InChI=1S/C45H53N3O6/c1-9-31-33(18-17-30(49)24-53-11-3)26(5)21-28(7)42(31)47-37-19-20-38(41-40(37)44(51)34-15-13-14-16-35(34)45(41)52)48-43-29(8)22-27(6)36(32(43)10-2)23-46-39(50)25-54-12-4/h13-16,19-22,47-48H,9-12,17-18,23-25H2,1-8H3,(H,46,50). The van der Waals surface area contributed by atoms with Gasteiger partial charge < -0.3 is 25.4 Å². The number of ether oxygens (including phenoxy) is 2. The summed E-state index contributed by atoms with van der Waals surface area (Å²) in [5.74, 6) is -0.597. The summed E-state index contributed by atoms with van der Waals surface area (Å²) in [4.78, 5) is 54.0. The van der Waals surface area contributed by atoms with Gasteiger partial charge >= 0.3 is 0 Å². The molecule has 1 aliphatic carbocycles. The first-order valence-electron chi connectivity index (χ1n) is 19.0. The maximum atomic E-state index is 14.5. The van der Waals surface area contributed by atoms with Crippen LogP contribution in [0, 0.1) is 27.7 Å². The van der Waals surface area contributed by atoms with Crippen LogP contribution in [0.2, 0.25) is 0 Å². The molecule has 0 unspecified atom stereocenters. The van der Waals surface area contributed by atoms with Gasteiger partial charge in [-0.1, -0.05) is 50.2 Å². The molecule has 0 spiro atoms. The van der Waals surface area contributed by atoms with Gasteiger partial charge in [0.2, 0.25) is 5.91 Å². The van der Waals surface area contributed by atoms with E-state index in [0.717, 1.165) is 55.9 Å². The minimum absolute atomic E-state index is 0.00453. The third-order valence-electron chi connectivity index (χ3n) is 10.3. The van der Waals surface area contributed by atoms with Crippen molar-refractivity contribution in [1.82, 2.24) is 5.32 Å². The quantitative estimate of drug-likeness (QED) is 0.0871. The number of carbonyl (C=O) groups is 4. The van der Waals surface area contributed by atoms with Crippen molar-refractivity contribution in [3.63, 3.8) is 0 Å². The number of amides is 1. The molecule has 0 saturated heterocycles. The normalized spacial score (nSPS) is 12.0. The molecule has 284 valence electrons. The molecular weight excluding hydrogens is 679 g/mol. The monoisotopic (exact) mass is 731 g/mol. The average molecular weight is 732 g/mol. The summed E-state index contributed by atoms with van der Waals surface area (Å²) >= 11 is 0. The molecule has 0 fully saturated rings. The molecule has 0 radical (unpaired) electrons. The fourth-order valence-electron chi connectivity index (χ4n) is 7.63. The number of carbonyl (C=O) groups excluding carboxylic acids is 4. The first-order valence-corrected chi connectivity index (χ1v) is 19.0. The van der Waals surface area contributed by atoms with Gasteiger partial charge in [-0.25, -0.2) is 0 Å². The Labute approximate surface area is 319 Å². The number of fused-ring (bicyclic) bond motifs is 2. The van der Waals surface area contributed by atoms with Crippen molar-refractivity contribution in [3.05, 3.63) is 115 Å². The molecule has 1 amide bonds. The predicted molar refractivity (Wildman–Crippen MR) is 215 cm³/mol. The van der Waals surface area contributed by atoms with Gasteiger partial charge in [0.1, 0.15) is 13.2 Å². The van der Waals surface area contributed by atoms with Gasteiger partial charge in [-0.2, -0.15) is 0 Å². The molecule has 9 nitrogen and oxygen atoms in total. The van der Waals surface area contributed by atoms with E-state index in [0.29, 0.717) is 79.1 Å². The lowest BCUT2D eigenvalue weighted by Crippen LogP contribution is -2.28. The number of ketones is 3. The van der Waals surface area contributed by atoms with Gasteiger partial charge in [0.05, 0.1) is 22.5 Å². The number of aryl methyl sites for hydroxylation is 4. The summed E-state index contributed by atoms with van der Waals surface area (Å²) in [6.07, 6.45) is 2.33. The summed E-state index contributed by atoms with van der Waals surface area (Å²) in [6, 6.07) is 14.9. The van der Waals surface area contributed by atoms with Crippen molar-refractivity contribution < 1.29 is 28.7 Å². The highest BCUT2D eigenvalue weighted by Gasteiger charge is 2.34. The minimum atomic E-state index is -0.234. The van der Waals surface area contributed by atoms with E-state index in [4.69, 9.17) is 9.47 Å². The van der Waals surface area contributed by atoms with Gasteiger partial charge in [0, 0.05) is 48.7 Å². The van der Waals surface area contributed by atoms with E-state index in [9.17, 15) is 19.2 Å². The summed E-state index contributed by atoms with van der Waals surface area (Å²) in [5.41, 5.74) is 12.5. The second-order valence-corrected chi connectivity index (χ2v) is 13.8. The molecule has 4 aromatic rings. The van der Waals surface area contributed by atoms with Crippen molar-refractivity contribution in [2.45, 2.75) is 87.6 Å². The Hall–Kier alpha value is -5.12. The largest absolute Gasteiger partial charge is 0.374 e. The number of benzene rings is 4. The maximum absolute atomic E-state index is 14.5. The Balaban J connectivity index is 1.61. The molecule has 0 bridgehead atoms. The molecule has 0 heterocycles. The van der Waals surface area contributed by atoms with E-state index in [1.54, 1.807) is 24.3 Å². The third kappa shape index (κ3) is 8.32. The average Bonchev–Trinajstić information content (AvgIpc) is 3.16. The second-order valence-electron chi connectivity index (χ2n) is 13.8. The fourth-order valence-corrected chi connectivity index (χ4v) is 7.63. The lowest BCUT2D eigenvalue weighted by atomic mass is 9.82. The second kappa shape index (κ2) is 17.8. The molecule has 0 aromatic heterocycles. The van der Waals surface area contributed by atoms with Crippen LogP contribution < -0.4 is 16.0 Å². The van der Waals surface area contributed by atoms with Gasteiger partial charge in [0.15, 0.2) is 17.3 Å². The number of hydrogen-bond acceptors (Lipinski definition) is 8. The van der Waals surface area contributed by atoms with Crippen molar-refractivity contribution in [2.24, 2.45) is 0 Å². The van der Waals surface area contributed by atoms with E-state index in [1.165, 1.54) is 0 Å². The van der Waals surface area contributed by atoms with Crippen LogP contribution in [0.5, 0.6) is 0 Å². The van der Waals surface area contributed by atoms with Gasteiger partial charge in [-0.05, 0) is 117 Å². The smallest absolute Gasteiger partial charge is 0.246 e. The lowest BCUT2D eigenvalue weighted by Gasteiger charge is -2.27. The van der Waals surface area contributed by atoms with Gasteiger partial charge in [-0.3, -0.25) is 19.2 Å². The summed E-state index contributed by atoms with van der Waals surface area (Å²) < 4.78 is 10.6. The van der Waals surface area contributed by atoms with Gasteiger partial charge in [-0.15, -0.1) is 0 Å². The van der Waals surface area contributed by atoms with E-state index in [2.05, 4.69) is 48.9 Å². The minimum Gasteiger partial charge on any atom is -0.374 e. The Morgan fingerprint density at radius 2 is 1.09 bits per heavy atom. The fraction of sp³-hybridized carbons (Fsp3) is 0.378. The van der Waals surface area contributed by atoms with E-state index in [-0.39, 0.29) is 36.5 Å². The van der Waals surface area contributed by atoms with Gasteiger partial charge in [0.25, 0.3) is 0 Å². The molecule has 0 aliphatic heterocycles. The Morgan fingerprint density at radius 3 is 1.59 bits per heavy atom. The molecule has 5 rings (SSSR count). The maximum Gasteiger partial charge on any atom is 0.246 e. The number of nitrogens with one attached hydrogen (secondary N) is 3. The number of hydrogen-bond donors (Lipinski definition) is 3. The Morgan fingerprint density at radius 1 is 0.611 bits per heavy atom. The zero-order valence-corrected chi connectivity index (χ0v) is 32.9. The van der Waals surface area contributed by atoms with Crippen LogP contribution in [0.3, 0.4) is 0 Å². The molecule has 3 N–H and O–H groups in total. The highest BCUT2D eigenvalue weighted by atomic mass is 16.5. The first-order chi connectivity index (χ1) is 25.9. The molecular formula is C45H53N3O6. The van der Waals surface area contributed by atoms with Crippen LogP contribution in [-0.4, -0.2) is 49.7 Å². The molecule has 1 aliphatic rings. The summed E-state index contributed by atoms with van der Waals surface area (Å²) in [5, 5.41) is 10.2. The van der Waals surface area contributed by atoms with E-state index in [1.807, 2.05) is 46.8 Å². The Kier molecular flexibility index (Phi) is 13.2. The van der Waals surface area contributed by atoms with E-state index >= 15 is 0 Å². The van der Waals surface area contributed by atoms with Crippen molar-refractivity contribution in [3.8, 4) is 0 Å². The summed E-state index contributed by atoms with van der Waals surface area (Å²) in [6.45, 7) is 17.4. The van der Waals surface area contributed by atoms with Crippen LogP contribution in [-0.2, 0) is 44.9 Å². The third-order valence-corrected chi connectivity index (χ3v) is 10.3. The van der Waals surface area contributed by atoms with E-state index < -0.39 is 0 Å². The lowest BCUT2D eigenvalue weighted by molar-refractivity contribution is -0.125. The molecule has 4 aromatic carbocycles. The highest BCUT2D eigenvalue weighted by Crippen LogP contribution is 2.41. The zero-order chi connectivity index (χ0) is 39.1. The van der Waals surface area contributed by atoms with Crippen LogP contribution in [0.15, 0.2) is 48.5 Å². The molecule has 9 heteroatoms. The predicted octanol–water partition coefficient (Wildman–Crippen LogP) is 8.50.